The first kappa shape index (κ1) is 44.4. The summed E-state index contributed by atoms with van der Waals surface area (Å²) >= 11 is 0. The van der Waals surface area contributed by atoms with Gasteiger partial charge in [0.05, 0.1) is 25.4 Å². The molecule has 4 aromatic rings. The minimum absolute atomic E-state index is 0.00530. The van der Waals surface area contributed by atoms with Crippen molar-refractivity contribution in [2.75, 3.05) is 25.6 Å². The number of carbonyl (C=O) groups is 3. The predicted molar refractivity (Wildman–Crippen MR) is 217 cm³/mol. The molecule has 1 heterocycles. The topological polar surface area (TPSA) is 133 Å². The summed E-state index contributed by atoms with van der Waals surface area (Å²) in [5, 5.41) is 9.17. The molecule has 3 amide bonds. The van der Waals surface area contributed by atoms with E-state index in [0.717, 1.165) is 30.4 Å². The highest BCUT2D eigenvalue weighted by atomic mass is 19.4. The fraction of sp³-hybridized carbons (Fsp3) is 0.455. The molecule has 0 radical (unpaired) electrons. The van der Waals surface area contributed by atoms with Crippen LogP contribution in [0.1, 0.15) is 113 Å². The van der Waals surface area contributed by atoms with Crippen molar-refractivity contribution in [3.05, 3.63) is 101 Å². The Morgan fingerprint density at radius 1 is 0.915 bits per heavy atom. The molecule has 1 aromatic heterocycles. The smallest absolute Gasteiger partial charge is 0.435 e. The normalized spacial score (nSPS) is 13.6. The zero-order valence-corrected chi connectivity index (χ0v) is 34.9. The second-order valence-corrected chi connectivity index (χ2v) is 16.5. The van der Waals surface area contributed by atoms with Gasteiger partial charge in [-0.25, -0.2) is 14.3 Å². The lowest BCUT2D eigenvalue weighted by Gasteiger charge is -2.35. The van der Waals surface area contributed by atoms with E-state index in [-0.39, 0.29) is 29.5 Å². The Hall–Kier alpha value is -5.73. The standard InChI is InChI=1S/C44H54F3N5O7/c1-9-10-22-57-38-33(18-13-19-35(38)56-8)37(51(27-28-20-21-28)41(55)59-43(5,6)7)30-15-12-16-31(24-30)49-39(53)34-25-36(44(45,46)47)50-52(34)32-17-11-14-29(23-32)26-48-40(54)58-42(2,3)4/h11-19,23-25,28,37H,9-10,20-22,26-27H2,1-8H3,(H,48,54)(H,49,53). The van der Waals surface area contributed by atoms with Gasteiger partial charge >= 0.3 is 18.4 Å². The highest BCUT2D eigenvalue weighted by Crippen LogP contribution is 2.43. The molecule has 1 fully saturated rings. The first-order valence-corrected chi connectivity index (χ1v) is 19.7. The Bertz CT molecular complexity index is 2100. The van der Waals surface area contributed by atoms with Crippen molar-refractivity contribution in [2.24, 2.45) is 5.92 Å². The van der Waals surface area contributed by atoms with E-state index in [0.29, 0.717) is 47.4 Å². The van der Waals surface area contributed by atoms with Crippen LogP contribution >= 0.6 is 0 Å². The Morgan fingerprint density at radius 3 is 2.25 bits per heavy atom. The number of nitrogens with one attached hydrogen (secondary N) is 2. The monoisotopic (exact) mass is 821 g/mol. The summed E-state index contributed by atoms with van der Waals surface area (Å²) in [4.78, 5) is 42.1. The summed E-state index contributed by atoms with van der Waals surface area (Å²) in [6.07, 6.45) is -2.52. The Morgan fingerprint density at radius 2 is 1.61 bits per heavy atom. The molecule has 1 aliphatic carbocycles. The molecule has 318 valence electrons. The highest BCUT2D eigenvalue weighted by molar-refractivity contribution is 6.03. The van der Waals surface area contributed by atoms with Crippen LogP contribution in [0.25, 0.3) is 5.69 Å². The number of amides is 3. The first-order chi connectivity index (χ1) is 27.8. The predicted octanol–water partition coefficient (Wildman–Crippen LogP) is 10.1. The van der Waals surface area contributed by atoms with Crippen LogP contribution in [0.2, 0.25) is 0 Å². The van der Waals surface area contributed by atoms with Gasteiger partial charge in [-0.05, 0) is 108 Å². The number of benzene rings is 3. The highest BCUT2D eigenvalue weighted by Gasteiger charge is 2.38. The molecule has 0 bridgehead atoms. The number of anilines is 1. The molecule has 12 nitrogen and oxygen atoms in total. The van der Waals surface area contributed by atoms with E-state index in [1.165, 1.54) is 12.1 Å². The molecule has 0 spiro atoms. The largest absolute Gasteiger partial charge is 0.493 e. The van der Waals surface area contributed by atoms with Gasteiger partial charge < -0.3 is 29.6 Å². The number of para-hydroxylation sites is 1. The maximum atomic E-state index is 14.1. The van der Waals surface area contributed by atoms with Crippen LogP contribution in [0.5, 0.6) is 11.5 Å². The summed E-state index contributed by atoms with van der Waals surface area (Å²) in [7, 11) is 1.54. The lowest BCUT2D eigenvalue weighted by molar-refractivity contribution is -0.141. The number of halogens is 3. The lowest BCUT2D eigenvalue weighted by Crippen LogP contribution is -2.41. The first-order valence-electron chi connectivity index (χ1n) is 19.7. The number of nitrogens with zero attached hydrogens (tertiary/aromatic N) is 3. The average molecular weight is 822 g/mol. The molecule has 5 rings (SSSR count). The van der Waals surface area contributed by atoms with Crippen LogP contribution < -0.4 is 20.1 Å². The van der Waals surface area contributed by atoms with Gasteiger partial charge in [0.1, 0.15) is 16.9 Å². The third kappa shape index (κ3) is 12.4. The summed E-state index contributed by atoms with van der Waals surface area (Å²) in [6.45, 7) is 13.4. The fourth-order valence-electron chi connectivity index (χ4n) is 6.24. The van der Waals surface area contributed by atoms with Crippen molar-refractivity contribution >= 4 is 23.8 Å². The number of hydrogen-bond donors (Lipinski definition) is 2. The Kier molecular flexibility index (Phi) is 13.9. The number of ether oxygens (including phenoxy) is 4. The fourth-order valence-corrected chi connectivity index (χ4v) is 6.24. The zero-order valence-electron chi connectivity index (χ0n) is 34.9. The summed E-state index contributed by atoms with van der Waals surface area (Å²) in [6, 6.07) is 18.4. The molecule has 1 unspecified atom stereocenters. The SMILES string of the molecule is CCCCOc1c(OC)cccc1C(c1cccc(NC(=O)c2cc(C(F)(F)F)nn2-c2cccc(CNC(=O)OC(C)(C)C)c2)c1)N(CC1CC1)C(=O)OC(C)(C)C. The number of carbonyl (C=O) groups excluding carboxylic acids is 3. The van der Waals surface area contributed by atoms with E-state index in [1.54, 1.807) is 90.0 Å². The Labute approximate surface area is 343 Å². The van der Waals surface area contributed by atoms with Gasteiger partial charge in [0.2, 0.25) is 0 Å². The van der Waals surface area contributed by atoms with E-state index in [2.05, 4.69) is 22.7 Å². The molecule has 1 atom stereocenters. The van der Waals surface area contributed by atoms with Crippen LogP contribution in [0.15, 0.2) is 72.8 Å². The third-order valence-electron chi connectivity index (χ3n) is 9.04. The van der Waals surface area contributed by atoms with Gasteiger partial charge in [-0.1, -0.05) is 49.7 Å². The summed E-state index contributed by atoms with van der Waals surface area (Å²) in [5.41, 5.74) is -1.05. The molecule has 0 saturated heterocycles. The zero-order chi connectivity index (χ0) is 43.1. The molecule has 15 heteroatoms. The molecule has 3 aromatic carbocycles. The van der Waals surface area contributed by atoms with Gasteiger partial charge in [0, 0.05) is 30.4 Å². The van der Waals surface area contributed by atoms with Gasteiger partial charge in [-0.3, -0.25) is 9.69 Å². The number of aromatic nitrogens is 2. The number of unbranched alkanes of at least 4 members (excludes halogenated alkanes) is 1. The van der Waals surface area contributed by atoms with Crippen molar-refractivity contribution in [3.63, 3.8) is 0 Å². The van der Waals surface area contributed by atoms with Crippen molar-refractivity contribution in [1.29, 1.82) is 0 Å². The van der Waals surface area contributed by atoms with E-state index in [4.69, 9.17) is 18.9 Å². The van der Waals surface area contributed by atoms with Crippen LogP contribution in [0, 0.1) is 5.92 Å². The maximum absolute atomic E-state index is 14.1. The number of methoxy groups -OCH3 is 1. The lowest BCUT2D eigenvalue weighted by atomic mass is 9.95. The number of rotatable bonds is 15. The third-order valence-corrected chi connectivity index (χ3v) is 9.04. The molecule has 2 N–H and O–H groups in total. The van der Waals surface area contributed by atoms with Crippen LogP contribution in [0.4, 0.5) is 28.4 Å². The van der Waals surface area contributed by atoms with E-state index in [9.17, 15) is 27.6 Å². The molecule has 0 aliphatic heterocycles. The molecule has 1 aliphatic rings. The quantitative estimate of drug-likeness (QED) is 0.113. The molecular formula is C44H54F3N5O7. The molecular weight excluding hydrogens is 768 g/mol. The minimum Gasteiger partial charge on any atom is -0.493 e. The van der Waals surface area contributed by atoms with Crippen LogP contribution in [0.3, 0.4) is 0 Å². The number of alkyl carbamates (subject to hydrolysis) is 1. The van der Waals surface area contributed by atoms with E-state index >= 15 is 0 Å². The second-order valence-electron chi connectivity index (χ2n) is 16.5. The number of alkyl halides is 3. The minimum atomic E-state index is -4.86. The number of hydrogen-bond acceptors (Lipinski definition) is 8. The summed E-state index contributed by atoms with van der Waals surface area (Å²) < 4.78 is 66.6. The van der Waals surface area contributed by atoms with E-state index in [1.807, 2.05) is 18.2 Å². The van der Waals surface area contributed by atoms with Crippen molar-refractivity contribution < 1.29 is 46.5 Å². The van der Waals surface area contributed by atoms with Crippen molar-refractivity contribution in [1.82, 2.24) is 20.0 Å². The van der Waals surface area contributed by atoms with Crippen LogP contribution in [-0.2, 0) is 22.2 Å². The summed E-state index contributed by atoms with van der Waals surface area (Å²) in [5.74, 6) is 0.310. The maximum Gasteiger partial charge on any atom is 0.435 e. The van der Waals surface area contributed by atoms with Gasteiger partial charge in [0.15, 0.2) is 17.2 Å². The molecule has 59 heavy (non-hydrogen) atoms. The second kappa shape index (κ2) is 18.5. The van der Waals surface area contributed by atoms with E-state index < -0.39 is 47.2 Å². The van der Waals surface area contributed by atoms with Crippen molar-refractivity contribution in [3.8, 4) is 17.2 Å². The average Bonchev–Trinajstić information content (AvgIpc) is 3.85. The Balaban J connectivity index is 1.54. The molecule has 1 saturated carbocycles. The van der Waals surface area contributed by atoms with Gasteiger partial charge in [0.25, 0.3) is 5.91 Å². The van der Waals surface area contributed by atoms with Crippen molar-refractivity contribution in [2.45, 2.75) is 104 Å². The van der Waals surface area contributed by atoms with Gasteiger partial charge in [-0.15, -0.1) is 0 Å². The van der Waals surface area contributed by atoms with Gasteiger partial charge in [-0.2, -0.15) is 18.3 Å². The van der Waals surface area contributed by atoms with Crippen LogP contribution in [-0.4, -0.2) is 64.2 Å².